The number of hydrogen-bond donors (Lipinski definition) is 0. The van der Waals surface area contributed by atoms with Crippen molar-refractivity contribution < 1.29 is 14.0 Å². The Labute approximate surface area is 137 Å². The molecule has 6 heteroatoms. The number of likely N-dealkylation sites (N-methyl/N-ethyl adjacent to an activating group) is 1. The average molecular weight is 330 g/mol. The van der Waals surface area contributed by atoms with Gasteiger partial charge in [0.25, 0.3) is 11.1 Å². The molecule has 0 aliphatic carbocycles. The maximum absolute atomic E-state index is 13.0. The first-order chi connectivity index (χ1) is 11.1. The Balaban J connectivity index is 1.90. The normalized spacial score (nSPS) is 17.7. The summed E-state index contributed by atoms with van der Waals surface area (Å²) in [5.41, 5.74) is 1.27. The van der Waals surface area contributed by atoms with E-state index in [9.17, 15) is 14.0 Å². The van der Waals surface area contributed by atoms with E-state index in [1.54, 1.807) is 0 Å². The fraction of sp³-hybridized carbons (Fsp3) is 0.176. The van der Waals surface area contributed by atoms with Gasteiger partial charge in [-0.1, -0.05) is 18.2 Å². The molecule has 0 aromatic heterocycles. The molecule has 1 unspecified atom stereocenters. The molecule has 0 spiro atoms. The van der Waals surface area contributed by atoms with Crippen molar-refractivity contribution in [1.82, 2.24) is 0 Å². The van der Waals surface area contributed by atoms with Gasteiger partial charge in [0.1, 0.15) is 5.82 Å². The summed E-state index contributed by atoms with van der Waals surface area (Å²) in [6.07, 6.45) is 0. The molecule has 2 aromatic carbocycles. The van der Waals surface area contributed by atoms with Gasteiger partial charge in [0, 0.05) is 12.2 Å². The van der Waals surface area contributed by atoms with Crippen LogP contribution in [0.5, 0.6) is 0 Å². The first-order valence-electron chi connectivity index (χ1n) is 7.23. The van der Waals surface area contributed by atoms with Crippen LogP contribution in [0.4, 0.5) is 20.6 Å². The molecule has 1 heterocycles. The molecule has 2 aromatic rings. The molecule has 0 saturated carbocycles. The zero-order valence-electron chi connectivity index (χ0n) is 12.5. The second kappa shape index (κ2) is 6.42. The van der Waals surface area contributed by atoms with E-state index in [4.69, 9.17) is 0 Å². The number of carbonyl (C=O) groups excluding carboxylic acids is 2. The maximum atomic E-state index is 13.0. The molecule has 1 aliphatic rings. The van der Waals surface area contributed by atoms with Gasteiger partial charge in [0.05, 0.1) is 5.69 Å². The zero-order valence-corrected chi connectivity index (χ0v) is 13.3. The number of imide groups is 1. The molecule has 118 valence electrons. The van der Waals surface area contributed by atoms with Gasteiger partial charge in [-0.05, 0) is 55.1 Å². The Morgan fingerprint density at radius 1 is 1.09 bits per heavy atom. The Morgan fingerprint density at radius 2 is 1.74 bits per heavy atom. The van der Waals surface area contributed by atoms with Gasteiger partial charge < -0.3 is 4.90 Å². The van der Waals surface area contributed by atoms with Crippen LogP contribution in [0.3, 0.4) is 0 Å². The summed E-state index contributed by atoms with van der Waals surface area (Å²) in [5, 5.41) is -0.957. The quantitative estimate of drug-likeness (QED) is 0.853. The first kappa shape index (κ1) is 15.6. The lowest BCUT2D eigenvalue weighted by Gasteiger charge is -2.27. The van der Waals surface area contributed by atoms with Gasteiger partial charge in [-0.25, -0.2) is 9.29 Å². The van der Waals surface area contributed by atoms with E-state index >= 15 is 0 Å². The third-order valence-electron chi connectivity index (χ3n) is 3.62. The van der Waals surface area contributed by atoms with Crippen LogP contribution in [0.1, 0.15) is 6.92 Å². The monoisotopic (exact) mass is 330 g/mol. The largest absolute Gasteiger partial charge is 0.351 e. The van der Waals surface area contributed by atoms with Crippen LogP contribution in [-0.4, -0.2) is 23.1 Å². The number of halogens is 1. The first-order valence-corrected chi connectivity index (χ1v) is 8.11. The summed E-state index contributed by atoms with van der Waals surface area (Å²) in [5.74, 6) is -0.714. The van der Waals surface area contributed by atoms with Crippen molar-refractivity contribution >= 4 is 34.3 Å². The third kappa shape index (κ3) is 2.94. The van der Waals surface area contributed by atoms with Crippen molar-refractivity contribution in [3.63, 3.8) is 0 Å². The number of benzene rings is 2. The minimum atomic E-state index is -0.611. The number of nitrogens with zero attached hydrogens (tertiary/aromatic N) is 2. The van der Waals surface area contributed by atoms with Gasteiger partial charge in [-0.2, -0.15) is 0 Å². The van der Waals surface area contributed by atoms with E-state index in [2.05, 4.69) is 0 Å². The standard InChI is InChI=1S/C17H15FN2O2S/c1-2-19(13-6-4-3-5-7-13)16-15(21)20(17(22)23-16)14-10-8-12(18)9-11-14/h3-11,16H,2H2,1H3. The fourth-order valence-electron chi connectivity index (χ4n) is 2.52. The topological polar surface area (TPSA) is 40.6 Å². The molecule has 1 aliphatic heterocycles. The third-order valence-corrected chi connectivity index (χ3v) is 4.69. The number of rotatable bonds is 4. The van der Waals surface area contributed by atoms with Gasteiger partial charge in [-0.15, -0.1) is 0 Å². The van der Waals surface area contributed by atoms with Crippen molar-refractivity contribution in [2.75, 3.05) is 16.3 Å². The van der Waals surface area contributed by atoms with Crippen LogP contribution in [0.25, 0.3) is 0 Å². The molecule has 1 fully saturated rings. The van der Waals surface area contributed by atoms with Crippen LogP contribution in [0.15, 0.2) is 54.6 Å². The van der Waals surface area contributed by atoms with Crippen molar-refractivity contribution in [1.29, 1.82) is 0 Å². The number of hydrogen-bond acceptors (Lipinski definition) is 4. The van der Waals surface area contributed by atoms with Crippen molar-refractivity contribution in [3.8, 4) is 0 Å². The highest BCUT2D eigenvalue weighted by Gasteiger charge is 2.43. The highest BCUT2D eigenvalue weighted by Crippen LogP contribution is 2.35. The Hall–Kier alpha value is -2.34. The average Bonchev–Trinajstić information content (AvgIpc) is 2.85. The molecule has 1 saturated heterocycles. The second-order valence-corrected chi connectivity index (χ2v) is 6.04. The fourth-order valence-corrected chi connectivity index (χ4v) is 3.62. The highest BCUT2D eigenvalue weighted by molar-refractivity contribution is 8.16. The van der Waals surface area contributed by atoms with E-state index in [1.165, 1.54) is 24.3 Å². The van der Waals surface area contributed by atoms with E-state index in [-0.39, 0.29) is 11.1 Å². The molecular formula is C17H15FN2O2S. The van der Waals surface area contributed by atoms with E-state index in [1.807, 2.05) is 42.2 Å². The van der Waals surface area contributed by atoms with Crippen molar-refractivity contribution in [3.05, 3.63) is 60.4 Å². The van der Waals surface area contributed by atoms with Gasteiger partial charge >= 0.3 is 0 Å². The molecule has 2 amide bonds. The lowest BCUT2D eigenvalue weighted by Crippen LogP contribution is -2.41. The number of carbonyl (C=O) groups is 2. The smallest absolute Gasteiger partial charge is 0.295 e. The van der Waals surface area contributed by atoms with Crippen LogP contribution >= 0.6 is 11.8 Å². The SMILES string of the molecule is CCN(c1ccccc1)C1SC(=O)N(c2ccc(F)cc2)C1=O. The van der Waals surface area contributed by atoms with E-state index in [0.717, 1.165) is 22.3 Å². The molecule has 0 bridgehead atoms. The lowest BCUT2D eigenvalue weighted by atomic mass is 10.2. The predicted molar refractivity (Wildman–Crippen MR) is 90.1 cm³/mol. The Morgan fingerprint density at radius 3 is 2.35 bits per heavy atom. The number of amides is 2. The summed E-state index contributed by atoms with van der Waals surface area (Å²) in [6, 6.07) is 14.8. The van der Waals surface area contributed by atoms with Crippen molar-refractivity contribution in [2.24, 2.45) is 0 Å². The molecule has 3 rings (SSSR count). The molecular weight excluding hydrogens is 315 g/mol. The molecule has 23 heavy (non-hydrogen) atoms. The van der Waals surface area contributed by atoms with Gasteiger partial charge in [0.2, 0.25) is 0 Å². The van der Waals surface area contributed by atoms with E-state index < -0.39 is 11.2 Å². The van der Waals surface area contributed by atoms with Crippen molar-refractivity contribution in [2.45, 2.75) is 12.3 Å². The minimum absolute atomic E-state index is 0.308. The molecule has 0 N–H and O–H groups in total. The number of para-hydroxylation sites is 1. The van der Waals surface area contributed by atoms with Gasteiger partial charge in [0.15, 0.2) is 5.37 Å². The summed E-state index contributed by atoms with van der Waals surface area (Å²) < 4.78 is 13.0. The second-order valence-electron chi connectivity index (χ2n) is 5.01. The summed E-state index contributed by atoms with van der Waals surface area (Å²) in [6.45, 7) is 2.53. The lowest BCUT2D eigenvalue weighted by molar-refractivity contribution is -0.117. The Bertz CT molecular complexity index is 721. The van der Waals surface area contributed by atoms with Gasteiger partial charge in [-0.3, -0.25) is 9.59 Å². The Kier molecular flexibility index (Phi) is 4.34. The summed E-state index contributed by atoms with van der Waals surface area (Å²) in [4.78, 5) is 28.0. The predicted octanol–water partition coefficient (Wildman–Crippen LogP) is 3.88. The molecule has 0 radical (unpaired) electrons. The molecule has 1 atom stereocenters. The zero-order chi connectivity index (χ0) is 16.4. The summed E-state index contributed by atoms with van der Waals surface area (Å²) in [7, 11) is 0. The highest BCUT2D eigenvalue weighted by atomic mass is 32.2. The van der Waals surface area contributed by atoms with E-state index in [0.29, 0.717) is 12.2 Å². The number of anilines is 2. The van der Waals surface area contributed by atoms with Crippen LogP contribution in [0, 0.1) is 5.82 Å². The maximum Gasteiger partial charge on any atom is 0.295 e. The van der Waals surface area contributed by atoms with Crippen LogP contribution < -0.4 is 9.80 Å². The number of thioether (sulfide) groups is 1. The summed E-state index contributed by atoms with van der Waals surface area (Å²) >= 11 is 0.978. The van der Waals surface area contributed by atoms with Crippen LogP contribution in [0.2, 0.25) is 0 Å². The van der Waals surface area contributed by atoms with Crippen LogP contribution in [-0.2, 0) is 4.79 Å². The minimum Gasteiger partial charge on any atom is -0.351 e. The molecule has 4 nitrogen and oxygen atoms in total.